The lowest BCUT2D eigenvalue weighted by molar-refractivity contribution is 0.0949. The minimum absolute atomic E-state index is 0.0854. The Hall–Kier alpha value is -0.830. The molecular weight excluding hydrogens is 182 g/mol. The lowest BCUT2D eigenvalue weighted by Gasteiger charge is -2.00. The van der Waals surface area contributed by atoms with Crippen LogP contribution in [0.1, 0.15) is 30.1 Å². The Kier molecular flexibility index (Phi) is 2.36. The molecule has 0 aliphatic heterocycles. The standard InChI is InChI=1S/C10H13NOS/c1-2-7-5-9(7)11-10(12)8-3-4-13-6-8/h3-4,6-7,9H,2,5H2,1H3,(H,11,12)/t7-,9-/m1/s1. The quantitative estimate of drug-likeness (QED) is 0.787. The van der Waals surface area contributed by atoms with E-state index in [0.29, 0.717) is 6.04 Å². The summed E-state index contributed by atoms with van der Waals surface area (Å²) in [5.41, 5.74) is 0.798. The molecule has 70 valence electrons. The van der Waals surface area contributed by atoms with Crippen molar-refractivity contribution in [2.75, 3.05) is 0 Å². The molecule has 0 aromatic carbocycles. The third-order valence-corrected chi connectivity index (χ3v) is 3.23. The predicted octanol–water partition coefficient (Wildman–Crippen LogP) is 2.28. The van der Waals surface area contributed by atoms with Gasteiger partial charge in [0.15, 0.2) is 0 Å². The van der Waals surface area contributed by atoms with Gasteiger partial charge in [0.2, 0.25) is 0 Å². The third kappa shape index (κ3) is 1.91. The third-order valence-electron chi connectivity index (χ3n) is 2.55. The van der Waals surface area contributed by atoms with Gasteiger partial charge in [0, 0.05) is 17.0 Å². The first kappa shape index (κ1) is 8.75. The van der Waals surface area contributed by atoms with Crippen molar-refractivity contribution in [3.63, 3.8) is 0 Å². The minimum atomic E-state index is 0.0854. The van der Waals surface area contributed by atoms with Crippen molar-refractivity contribution >= 4 is 17.2 Å². The molecule has 3 heteroatoms. The Morgan fingerprint density at radius 2 is 2.62 bits per heavy atom. The first-order chi connectivity index (χ1) is 6.31. The SMILES string of the molecule is CC[C@@H]1C[C@H]1NC(=O)c1ccsc1. The number of rotatable bonds is 3. The molecule has 1 saturated carbocycles. The molecule has 0 unspecified atom stereocenters. The molecule has 2 rings (SSSR count). The van der Waals surface area contributed by atoms with Gasteiger partial charge in [0.25, 0.3) is 5.91 Å². The summed E-state index contributed by atoms with van der Waals surface area (Å²) in [5, 5.41) is 6.84. The van der Waals surface area contributed by atoms with Crippen LogP contribution in [0.15, 0.2) is 16.8 Å². The van der Waals surface area contributed by atoms with Gasteiger partial charge in [-0.1, -0.05) is 13.3 Å². The van der Waals surface area contributed by atoms with Gasteiger partial charge in [-0.3, -0.25) is 4.79 Å². The molecule has 13 heavy (non-hydrogen) atoms. The average molecular weight is 195 g/mol. The second kappa shape index (κ2) is 3.50. The highest BCUT2D eigenvalue weighted by Gasteiger charge is 2.36. The normalized spacial score (nSPS) is 25.6. The van der Waals surface area contributed by atoms with Crippen LogP contribution in [0.5, 0.6) is 0 Å². The van der Waals surface area contributed by atoms with Gasteiger partial charge in [-0.05, 0) is 23.8 Å². The Bertz CT molecular complexity index is 294. The van der Waals surface area contributed by atoms with Crippen LogP contribution in [0.4, 0.5) is 0 Å². The van der Waals surface area contributed by atoms with Gasteiger partial charge in [0.05, 0.1) is 0 Å². The summed E-state index contributed by atoms with van der Waals surface area (Å²) < 4.78 is 0. The number of carbonyl (C=O) groups excluding carboxylic acids is 1. The van der Waals surface area contributed by atoms with Gasteiger partial charge >= 0.3 is 0 Å². The highest BCUT2D eigenvalue weighted by atomic mass is 32.1. The summed E-state index contributed by atoms with van der Waals surface area (Å²) in [4.78, 5) is 11.5. The van der Waals surface area contributed by atoms with E-state index in [1.54, 1.807) is 11.3 Å². The van der Waals surface area contributed by atoms with Crippen LogP contribution in [0.2, 0.25) is 0 Å². The first-order valence-electron chi connectivity index (χ1n) is 4.64. The van der Waals surface area contributed by atoms with Crippen LogP contribution in [-0.4, -0.2) is 11.9 Å². The van der Waals surface area contributed by atoms with E-state index in [-0.39, 0.29) is 5.91 Å². The lowest BCUT2D eigenvalue weighted by Crippen LogP contribution is -2.26. The largest absolute Gasteiger partial charge is 0.349 e. The molecule has 1 aliphatic carbocycles. The van der Waals surface area contributed by atoms with Crippen LogP contribution in [0.25, 0.3) is 0 Å². The van der Waals surface area contributed by atoms with Gasteiger partial charge in [-0.2, -0.15) is 11.3 Å². The van der Waals surface area contributed by atoms with Crippen LogP contribution in [-0.2, 0) is 0 Å². The van der Waals surface area contributed by atoms with Crippen molar-refractivity contribution in [3.8, 4) is 0 Å². The molecule has 0 radical (unpaired) electrons. The molecule has 1 fully saturated rings. The van der Waals surface area contributed by atoms with Crippen molar-refractivity contribution in [2.45, 2.75) is 25.8 Å². The van der Waals surface area contributed by atoms with Gasteiger partial charge in [-0.25, -0.2) is 0 Å². The number of hydrogen-bond acceptors (Lipinski definition) is 2. The van der Waals surface area contributed by atoms with Crippen LogP contribution in [0, 0.1) is 5.92 Å². The summed E-state index contributed by atoms with van der Waals surface area (Å²) in [6.45, 7) is 2.17. The molecule has 0 bridgehead atoms. The molecule has 1 heterocycles. The zero-order valence-corrected chi connectivity index (χ0v) is 8.43. The van der Waals surface area contributed by atoms with Crippen molar-refractivity contribution in [3.05, 3.63) is 22.4 Å². The number of hydrogen-bond donors (Lipinski definition) is 1. The topological polar surface area (TPSA) is 29.1 Å². The summed E-state index contributed by atoms with van der Waals surface area (Å²) in [6.07, 6.45) is 2.33. The number of thiophene rings is 1. The van der Waals surface area contributed by atoms with Crippen molar-refractivity contribution in [1.29, 1.82) is 0 Å². The summed E-state index contributed by atoms with van der Waals surface area (Å²) in [7, 11) is 0. The van der Waals surface area contributed by atoms with Gasteiger partial charge < -0.3 is 5.32 Å². The molecule has 1 N–H and O–H groups in total. The number of carbonyl (C=O) groups is 1. The van der Waals surface area contributed by atoms with Crippen LogP contribution in [0.3, 0.4) is 0 Å². The van der Waals surface area contributed by atoms with E-state index in [1.807, 2.05) is 16.8 Å². The van der Waals surface area contributed by atoms with Crippen molar-refractivity contribution < 1.29 is 4.79 Å². The Morgan fingerprint density at radius 3 is 3.15 bits per heavy atom. The highest BCUT2D eigenvalue weighted by Crippen LogP contribution is 2.33. The number of amides is 1. The Labute approximate surface area is 82.0 Å². The molecule has 2 nitrogen and oxygen atoms in total. The van der Waals surface area contributed by atoms with Crippen LogP contribution < -0.4 is 5.32 Å². The van der Waals surface area contributed by atoms with E-state index in [2.05, 4.69) is 12.2 Å². The van der Waals surface area contributed by atoms with Gasteiger partial charge in [-0.15, -0.1) is 0 Å². The summed E-state index contributed by atoms with van der Waals surface area (Å²) in [6, 6.07) is 2.31. The highest BCUT2D eigenvalue weighted by molar-refractivity contribution is 7.08. The summed E-state index contributed by atoms with van der Waals surface area (Å²) in [5.74, 6) is 0.810. The smallest absolute Gasteiger partial charge is 0.252 e. The summed E-state index contributed by atoms with van der Waals surface area (Å²) >= 11 is 1.56. The average Bonchev–Trinajstić information content (AvgIpc) is 2.68. The minimum Gasteiger partial charge on any atom is -0.349 e. The maximum Gasteiger partial charge on any atom is 0.252 e. The molecule has 1 aliphatic rings. The van der Waals surface area contributed by atoms with Crippen LogP contribution >= 0.6 is 11.3 Å². The van der Waals surface area contributed by atoms with E-state index in [4.69, 9.17) is 0 Å². The zero-order chi connectivity index (χ0) is 9.26. The fourth-order valence-corrected chi connectivity index (χ4v) is 2.16. The molecular formula is C10H13NOS. The van der Waals surface area contributed by atoms with E-state index >= 15 is 0 Å². The maximum absolute atomic E-state index is 11.5. The maximum atomic E-state index is 11.5. The molecule has 0 saturated heterocycles. The molecule has 1 amide bonds. The predicted molar refractivity (Wildman–Crippen MR) is 54.0 cm³/mol. The van der Waals surface area contributed by atoms with E-state index in [1.165, 1.54) is 6.42 Å². The van der Waals surface area contributed by atoms with Crippen molar-refractivity contribution in [1.82, 2.24) is 5.32 Å². The monoisotopic (exact) mass is 195 g/mol. The second-order valence-electron chi connectivity index (χ2n) is 3.50. The first-order valence-corrected chi connectivity index (χ1v) is 5.58. The van der Waals surface area contributed by atoms with E-state index < -0.39 is 0 Å². The Balaban J connectivity index is 1.87. The van der Waals surface area contributed by atoms with E-state index in [0.717, 1.165) is 17.9 Å². The molecule has 1 aromatic heterocycles. The Morgan fingerprint density at radius 1 is 1.77 bits per heavy atom. The molecule has 0 spiro atoms. The molecule has 1 aromatic rings. The van der Waals surface area contributed by atoms with Gasteiger partial charge in [0.1, 0.15) is 0 Å². The zero-order valence-electron chi connectivity index (χ0n) is 7.62. The number of nitrogens with one attached hydrogen (secondary N) is 1. The van der Waals surface area contributed by atoms with Crippen molar-refractivity contribution in [2.24, 2.45) is 5.92 Å². The second-order valence-corrected chi connectivity index (χ2v) is 4.28. The fourth-order valence-electron chi connectivity index (χ4n) is 1.52. The molecule has 2 atom stereocenters. The lowest BCUT2D eigenvalue weighted by atomic mass is 10.3. The van der Waals surface area contributed by atoms with E-state index in [9.17, 15) is 4.79 Å². The fraction of sp³-hybridized carbons (Fsp3) is 0.500.